The van der Waals surface area contributed by atoms with Gasteiger partial charge in [0.05, 0.1) is 13.2 Å². The Balaban J connectivity index is 1.69. The van der Waals surface area contributed by atoms with Crippen LogP contribution in [0.15, 0.2) is 10.5 Å². The molecule has 4 nitrogen and oxygen atoms in total. The molecule has 102 valence electrons. The summed E-state index contributed by atoms with van der Waals surface area (Å²) in [7, 11) is 1.71. The average molecular weight is 253 g/mol. The van der Waals surface area contributed by atoms with Gasteiger partial charge in [0.15, 0.2) is 0 Å². The summed E-state index contributed by atoms with van der Waals surface area (Å²) in [6.45, 7) is 4.93. The smallest absolute Gasteiger partial charge is 0.118 e. The fraction of sp³-hybridized carbons (Fsp3) is 0.714. The minimum Gasteiger partial charge on any atom is -0.465 e. The van der Waals surface area contributed by atoms with Gasteiger partial charge in [-0.2, -0.15) is 0 Å². The molecule has 0 bridgehead atoms. The lowest BCUT2D eigenvalue weighted by Crippen LogP contribution is -2.14. The van der Waals surface area contributed by atoms with Crippen LogP contribution < -0.4 is 5.32 Å². The van der Waals surface area contributed by atoms with Crippen molar-refractivity contribution in [1.82, 2.24) is 5.32 Å². The molecule has 0 spiro atoms. The summed E-state index contributed by atoms with van der Waals surface area (Å²) in [6.07, 6.45) is 3.54. The van der Waals surface area contributed by atoms with Crippen LogP contribution in [-0.2, 0) is 22.6 Å². The Morgan fingerprint density at radius 3 is 2.94 bits per heavy atom. The fourth-order valence-electron chi connectivity index (χ4n) is 1.84. The molecule has 0 aromatic carbocycles. The number of aryl methyl sites for hydroxylation is 1. The predicted molar refractivity (Wildman–Crippen MR) is 69.5 cm³/mol. The minimum absolute atomic E-state index is 0.627. The highest BCUT2D eigenvalue weighted by Crippen LogP contribution is 2.21. The number of rotatable bonds is 9. The molecule has 0 radical (unpaired) electrons. The van der Waals surface area contributed by atoms with Gasteiger partial charge in [-0.15, -0.1) is 0 Å². The van der Waals surface area contributed by atoms with Gasteiger partial charge in [0.2, 0.25) is 0 Å². The minimum atomic E-state index is 0.627. The highest BCUT2D eigenvalue weighted by molar-refractivity contribution is 5.20. The Morgan fingerprint density at radius 1 is 1.39 bits per heavy atom. The van der Waals surface area contributed by atoms with Gasteiger partial charge >= 0.3 is 0 Å². The molecule has 2 rings (SSSR count). The quantitative estimate of drug-likeness (QED) is 0.686. The molecule has 0 amide bonds. The lowest BCUT2D eigenvalue weighted by atomic mass is 10.2. The fourth-order valence-corrected chi connectivity index (χ4v) is 1.84. The third kappa shape index (κ3) is 4.44. The lowest BCUT2D eigenvalue weighted by Gasteiger charge is -2.02. The van der Waals surface area contributed by atoms with Crippen LogP contribution >= 0.6 is 0 Å². The van der Waals surface area contributed by atoms with E-state index in [4.69, 9.17) is 13.9 Å². The SMILES string of the molecule is COCCCOCc1cc(CNC2CC2)oc1C. The summed E-state index contributed by atoms with van der Waals surface area (Å²) >= 11 is 0. The van der Waals surface area contributed by atoms with E-state index in [-0.39, 0.29) is 0 Å². The number of hydrogen-bond acceptors (Lipinski definition) is 4. The Kier molecular flexibility index (Phi) is 5.23. The molecule has 18 heavy (non-hydrogen) atoms. The molecule has 1 N–H and O–H groups in total. The van der Waals surface area contributed by atoms with Crippen LogP contribution in [-0.4, -0.2) is 26.4 Å². The van der Waals surface area contributed by atoms with Crippen LogP contribution in [0.5, 0.6) is 0 Å². The number of nitrogens with one attached hydrogen (secondary N) is 1. The molecule has 1 heterocycles. The molecular weight excluding hydrogens is 230 g/mol. The molecule has 1 saturated carbocycles. The van der Waals surface area contributed by atoms with Crippen LogP contribution in [0.25, 0.3) is 0 Å². The molecule has 0 unspecified atom stereocenters. The first-order valence-corrected chi connectivity index (χ1v) is 6.68. The first kappa shape index (κ1) is 13.6. The second-order valence-electron chi connectivity index (χ2n) is 4.85. The topological polar surface area (TPSA) is 43.6 Å². The highest BCUT2D eigenvalue weighted by atomic mass is 16.5. The maximum absolute atomic E-state index is 5.70. The van der Waals surface area contributed by atoms with E-state index in [0.717, 1.165) is 43.3 Å². The number of methoxy groups -OCH3 is 1. The number of furan rings is 1. The van der Waals surface area contributed by atoms with Gasteiger partial charge in [-0.05, 0) is 32.3 Å². The molecule has 1 fully saturated rings. The molecule has 0 atom stereocenters. The van der Waals surface area contributed by atoms with E-state index in [0.29, 0.717) is 12.6 Å². The van der Waals surface area contributed by atoms with Crippen molar-refractivity contribution in [2.45, 2.75) is 45.4 Å². The Morgan fingerprint density at radius 2 is 2.22 bits per heavy atom. The summed E-state index contributed by atoms with van der Waals surface area (Å²) in [6, 6.07) is 2.81. The second-order valence-corrected chi connectivity index (χ2v) is 4.85. The van der Waals surface area contributed by atoms with Crippen molar-refractivity contribution in [3.8, 4) is 0 Å². The first-order valence-electron chi connectivity index (χ1n) is 6.68. The van der Waals surface area contributed by atoms with Crippen molar-refractivity contribution in [1.29, 1.82) is 0 Å². The molecule has 4 heteroatoms. The van der Waals surface area contributed by atoms with Crippen molar-refractivity contribution in [3.63, 3.8) is 0 Å². The highest BCUT2D eigenvalue weighted by Gasteiger charge is 2.20. The van der Waals surface area contributed by atoms with Crippen LogP contribution in [0.4, 0.5) is 0 Å². The monoisotopic (exact) mass is 253 g/mol. The zero-order chi connectivity index (χ0) is 12.8. The molecule has 0 saturated heterocycles. The second kappa shape index (κ2) is 6.92. The molecule has 0 aliphatic heterocycles. The zero-order valence-electron chi connectivity index (χ0n) is 11.3. The van der Waals surface area contributed by atoms with Gasteiger partial charge in [-0.3, -0.25) is 0 Å². The third-order valence-electron chi connectivity index (χ3n) is 3.11. The van der Waals surface area contributed by atoms with Gasteiger partial charge in [0, 0.05) is 31.9 Å². The largest absolute Gasteiger partial charge is 0.465 e. The van der Waals surface area contributed by atoms with Crippen LogP contribution in [0, 0.1) is 6.92 Å². The van der Waals surface area contributed by atoms with E-state index in [9.17, 15) is 0 Å². The van der Waals surface area contributed by atoms with Crippen LogP contribution in [0.3, 0.4) is 0 Å². The van der Waals surface area contributed by atoms with Crippen molar-refractivity contribution >= 4 is 0 Å². The number of hydrogen-bond donors (Lipinski definition) is 1. The van der Waals surface area contributed by atoms with Gasteiger partial charge < -0.3 is 19.2 Å². The number of ether oxygens (including phenoxy) is 2. The maximum Gasteiger partial charge on any atom is 0.118 e. The summed E-state index contributed by atoms with van der Waals surface area (Å²) < 4.78 is 16.3. The normalized spacial score (nSPS) is 15.2. The lowest BCUT2D eigenvalue weighted by molar-refractivity contribution is 0.0922. The van der Waals surface area contributed by atoms with Crippen molar-refractivity contribution in [3.05, 3.63) is 23.2 Å². The third-order valence-corrected chi connectivity index (χ3v) is 3.11. The summed E-state index contributed by atoms with van der Waals surface area (Å²) in [5, 5.41) is 3.45. The maximum atomic E-state index is 5.70. The van der Waals surface area contributed by atoms with Crippen LogP contribution in [0.2, 0.25) is 0 Å². The molecular formula is C14H23NO3. The Labute approximate surface area is 109 Å². The van der Waals surface area contributed by atoms with E-state index in [1.165, 1.54) is 12.8 Å². The first-order chi connectivity index (χ1) is 8.79. The Hall–Kier alpha value is -0.840. The van der Waals surface area contributed by atoms with Crippen molar-refractivity contribution in [2.75, 3.05) is 20.3 Å². The molecule has 1 aromatic heterocycles. The van der Waals surface area contributed by atoms with Crippen LogP contribution in [0.1, 0.15) is 36.3 Å². The summed E-state index contributed by atoms with van der Waals surface area (Å²) in [5.41, 5.74) is 1.15. The van der Waals surface area contributed by atoms with Gasteiger partial charge in [0.1, 0.15) is 11.5 Å². The predicted octanol–water partition coefficient (Wildman–Crippen LogP) is 2.39. The molecule has 1 aromatic rings. The van der Waals surface area contributed by atoms with E-state index in [2.05, 4.69) is 11.4 Å². The molecule has 1 aliphatic carbocycles. The van der Waals surface area contributed by atoms with E-state index in [1.54, 1.807) is 7.11 Å². The zero-order valence-corrected chi connectivity index (χ0v) is 11.3. The standard InChI is InChI=1S/C14H23NO3/c1-11-12(10-17-7-3-6-16-2)8-14(18-11)9-15-13-4-5-13/h8,13,15H,3-7,9-10H2,1-2H3. The average Bonchev–Trinajstić information content (AvgIpc) is 3.12. The van der Waals surface area contributed by atoms with Gasteiger partial charge in [0.25, 0.3) is 0 Å². The van der Waals surface area contributed by atoms with E-state index < -0.39 is 0 Å². The van der Waals surface area contributed by atoms with E-state index >= 15 is 0 Å². The van der Waals surface area contributed by atoms with Crippen molar-refractivity contribution in [2.24, 2.45) is 0 Å². The molecule has 1 aliphatic rings. The van der Waals surface area contributed by atoms with Crippen molar-refractivity contribution < 1.29 is 13.9 Å². The summed E-state index contributed by atoms with van der Waals surface area (Å²) in [5.74, 6) is 1.98. The summed E-state index contributed by atoms with van der Waals surface area (Å²) in [4.78, 5) is 0. The van der Waals surface area contributed by atoms with E-state index in [1.807, 2.05) is 6.92 Å². The Bertz CT molecular complexity index is 358. The van der Waals surface area contributed by atoms with Gasteiger partial charge in [-0.25, -0.2) is 0 Å². The van der Waals surface area contributed by atoms with Gasteiger partial charge in [-0.1, -0.05) is 0 Å².